The molecule has 1 aromatic carbocycles. The molecule has 2 aromatic rings. The molecule has 0 aliphatic heterocycles. The van der Waals surface area contributed by atoms with Gasteiger partial charge in [0.25, 0.3) is 0 Å². The first-order valence-electron chi connectivity index (χ1n) is 4.37. The largest absolute Gasteiger partial charge is 0.375 e. The highest BCUT2D eigenvalue weighted by Gasteiger charge is 2.15. The molecular formula is C10H7Cl3N2S. The van der Waals surface area contributed by atoms with E-state index < -0.39 is 0 Å². The van der Waals surface area contributed by atoms with Crippen molar-refractivity contribution in [2.24, 2.45) is 0 Å². The van der Waals surface area contributed by atoms with Crippen molar-refractivity contribution < 1.29 is 0 Å². The summed E-state index contributed by atoms with van der Waals surface area (Å²) in [5.74, 6) is 0. The van der Waals surface area contributed by atoms with Crippen molar-refractivity contribution in [1.29, 1.82) is 0 Å². The van der Waals surface area contributed by atoms with E-state index in [1.54, 1.807) is 12.1 Å². The summed E-state index contributed by atoms with van der Waals surface area (Å²) in [7, 11) is 0. The third-order valence-corrected chi connectivity index (χ3v) is 3.67. The number of nitrogen functional groups attached to an aromatic ring is 1. The van der Waals surface area contributed by atoms with Gasteiger partial charge in [-0.25, -0.2) is 4.98 Å². The molecule has 0 aliphatic rings. The van der Waals surface area contributed by atoms with Crippen LogP contribution < -0.4 is 5.73 Å². The zero-order valence-electron chi connectivity index (χ0n) is 8.22. The van der Waals surface area contributed by atoms with Gasteiger partial charge in [0.2, 0.25) is 0 Å². The number of halogens is 3. The molecule has 0 aliphatic carbocycles. The minimum Gasteiger partial charge on any atom is -0.375 e. The van der Waals surface area contributed by atoms with Gasteiger partial charge in [0.1, 0.15) is 0 Å². The van der Waals surface area contributed by atoms with Gasteiger partial charge < -0.3 is 5.73 Å². The molecule has 0 saturated carbocycles. The highest BCUT2D eigenvalue weighted by Crippen LogP contribution is 2.39. The molecule has 0 saturated heterocycles. The van der Waals surface area contributed by atoms with Crippen LogP contribution in [0, 0.1) is 6.92 Å². The number of hydrogen-bond donors (Lipinski definition) is 1. The fourth-order valence-electron chi connectivity index (χ4n) is 1.42. The van der Waals surface area contributed by atoms with Crippen molar-refractivity contribution in [1.82, 2.24) is 4.98 Å². The first-order valence-corrected chi connectivity index (χ1v) is 6.32. The zero-order chi connectivity index (χ0) is 11.9. The molecule has 6 heteroatoms. The van der Waals surface area contributed by atoms with Gasteiger partial charge in [-0.3, -0.25) is 0 Å². The van der Waals surface area contributed by atoms with Gasteiger partial charge in [-0.1, -0.05) is 34.8 Å². The molecule has 2 rings (SSSR count). The van der Waals surface area contributed by atoms with E-state index in [9.17, 15) is 0 Å². The fourth-order valence-corrected chi connectivity index (χ4v) is 3.11. The molecule has 0 amide bonds. The summed E-state index contributed by atoms with van der Waals surface area (Å²) in [4.78, 5) is 5.19. The lowest BCUT2D eigenvalue weighted by Crippen LogP contribution is -1.86. The number of aromatic nitrogens is 1. The number of benzene rings is 1. The summed E-state index contributed by atoms with van der Waals surface area (Å²) in [6, 6.07) is 3.28. The predicted molar refractivity (Wildman–Crippen MR) is 71.7 cm³/mol. The Morgan fingerprint density at radius 3 is 2.19 bits per heavy atom. The van der Waals surface area contributed by atoms with Gasteiger partial charge in [0.15, 0.2) is 5.13 Å². The highest BCUT2D eigenvalue weighted by molar-refractivity contribution is 7.15. The summed E-state index contributed by atoms with van der Waals surface area (Å²) < 4.78 is 0. The fraction of sp³-hybridized carbons (Fsp3) is 0.100. The maximum Gasteiger partial charge on any atom is 0.180 e. The van der Waals surface area contributed by atoms with E-state index in [4.69, 9.17) is 40.5 Å². The average Bonchev–Trinajstić information content (AvgIpc) is 2.43. The first kappa shape index (κ1) is 12.0. The van der Waals surface area contributed by atoms with Crippen LogP contribution >= 0.6 is 46.1 Å². The van der Waals surface area contributed by atoms with Crippen LogP contribution in [0.5, 0.6) is 0 Å². The lowest BCUT2D eigenvalue weighted by molar-refractivity contribution is 1.38. The number of rotatable bonds is 1. The number of aryl methyl sites for hydroxylation is 1. The van der Waals surface area contributed by atoms with Crippen LogP contribution in [-0.2, 0) is 0 Å². The smallest absolute Gasteiger partial charge is 0.180 e. The van der Waals surface area contributed by atoms with Crippen LogP contribution in [0.1, 0.15) is 4.88 Å². The number of nitrogens with zero attached hydrogens (tertiary/aromatic N) is 1. The Bertz CT molecular complexity index is 528. The molecule has 0 unspecified atom stereocenters. The quantitative estimate of drug-likeness (QED) is 0.830. The lowest BCUT2D eigenvalue weighted by atomic mass is 10.1. The highest BCUT2D eigenvalue weighted by atomic mass is 35.5. The van der Waals surface area contributed by atoms with E-state index >= 15 is 0 Å². The van der Waals surface area contributed by atoms with Crippen molar-refractivity contribution in [3.05, 3.63) is 32.1 Å². The van der Waals surface area contributed by atoms with Crippen LogP contribution in [0.2, 0.25) is 15.1 Å². The van der Waals surface area contributed by atoms with Gasteiger partial charge in [-0.2, -0.15) is 0 Å². The lowest BCUT2D eigenvalue weighted by Gasteiger charge is -2.05. The average molecular weight is 294 g/mol. The minimum absolute atomic E-state index is 0.478. The molecule has 0 spiro atoms. The number of hydrogen-bond acceptors (Lipinski definition) is 3. The number of thiazole rings is 1. The topological polar surface area (TPSA) is 38.9 Å². The van der Waals surface area contributed by atoms with E-state index in [1.807, 2.05) is 6.92 Å². The van der Waals surface area contributed by atoms with E-state index in [0.29, 0.717) is 31.5 Å². The number of nitrogens with two attached hydrogens (primary N) is 1. The molecule has 1 heterocycles. The molecule has 84 valence electrons. The Morgan fingerprint density at radius 1 is 1.19 bits per heavy atom. The molecule has 1 aromatic heterocycles. The zero-order valence-corrected chi connectivity index (χ0v) is 11.3. The van der Waals surface area contributed by atoms with Gasteiger partial charge in [0.05, 0.1) is 15.7 Å². The molecule has 2 nitrogen and oxygen atoms in total. The molecule has 0 bridgehead atoms. The molecule has 0 fully saturated rings. The Kier molecular flexibility index (Phi) is 3.31. The van der Waals surface area contributed by atoms with E-state index in [-0.39, 0.29) is 0 Å². The van der Waals surface area contributed by atoms with Crippen LogP contribution in [0.25, 0.3) is 11.3 Å². The molecule has 0 atom stereocenters. The van der Waals surface area contributed by atoms with Crippen LogP contribution in [0.15, 0.2) is 12.1 Å². The molecule has 2 N–H and O–H groups in total. The summed E-state index contributed by atoms with van der Waals surface area (Å²) in [5.41, 5.74) is 7.04. The second-order valence-electron chi connectivity index (χ2n) is 3.20. The maximum absolute atomic E-state index is 6.11. The summed E-state index contributed by atoms with van der Waals surface area (Å²) in [6.07, 6.45) is 0. The monoisotopic (exact) mass is 292 g/mol. The van der Waals surface area contributed by atoms with Crippen molar-refractivity contribution in [2.45, 2.75) is 6.92 Å². The molecular weight excluding hydrogens is 287 g/mol. The summed E-state index contributed by atoms with van der Waals surface area (Å²) in [6.45, 7) is 1.92. The SMILES string of the molecule is Cc1sc(N)nc1-c1c(Cl)cc(Cl)cc1Cl. The van der Waals surface area contributed by atoms with Crippen molar-refractivity contribution >= 4 is 51.3 Å². The Labute approximate surface area is 112 Å². The van der Waals surface area contributed by atoms with E-state index in [2.05, 4.69) is 4.98 Å². The van der Waals surface area contributed by atoms with Crippen molar-refractivity contribution in [3.8, 4) is 11.3 Å². The summed E-state index contributed by atoms with van der Waals surface area (Å²) in [5, 5.41) is 1.95. The third kappa shape index (κ3) is 2.13. The summed E-state index contributed by atoms with van der Waals surface area (Å²) >= 11 is 19.5. The van der Waals surface area contributed by atoms with Crippen LogP contribution in [0.4, 0.5) is 5.13 Å². The second-order valence-corrected chi connectivity index (χ2v) is 5.69. The van der Waals surface area contributed by atoms with E-state index in [0.717, 1.165) is 4.88 Å². The van der Waals surface area contributed by atoms with Gasteiger partial charge in [0, 0.05) is 15.5 Å². The normalized spacial score (nSPS) is 10.8. The van der Waals surface area contributed by atoms with Gasteiger partial charge in [-0.15, -0.1) is 11.3 Å². The molecule has 0 radical (unpaired) electrons. The third-order valence-electron chi connectivity index (χ3n) is 2.06. The first-order chi connectivity index (χ1) is 7.49. The number of anilines is 1. The van der Waals surface area contributed by atoms with Crippen LogP contribution in [-0.4, -0.2) is 4.98 Å². The maximum atomic E-state index is 6.11. The van der Waals surface area contributed by atoms with Gasteiger partial charge >= 0.3 is 0 Å². The Hall–Kier alpha value is -0.480. The van der Waals surface area contributed by atoms with E-state index in [1.165, 1.54) is 11.3 Å². The predicted octanol–water partition coefficient (Wildman–Crippen LogP) is 4.66. The van der Waals surface area contributed by atoms with Crippen LogP contribution in [0.3, 0.4) is 0 Å². The van der Waals surface area contributed by atoms with Crippen molar-refractivity contribution in [2.75, 3.05) is 5.73 Å². The van der Waals surface area contributed by atoms with Crippen molar-refractivity contribution in [3.63, 3.8) is 0 Å². The Morgan fingerprint density at radius 2 is 1.75 bits per heavy atom. The van der Waals surface area contributed by atoms with Gasteiger partial charge in [-0.05, 0) is 19.1 Å². The standard InChI is InChI=1S/C10H7Cl3N2S/c1-4-9(15-10(14)16-4)8-6(12)2-5(11)3-7(8)13/h2-3H,1H3,(H2,14,15). The molecule has 16 heavy (non-hydrogen) atoms. The Balaban J connectivity index is 2.69. The second kappa shape index (κ2) is 4.41. The minimum atomic E-state index is 0.478.